The smallest absolute Gasteiger partial charge is 0.410 e. The molecule has 10 atom stereocenters. The molecule has 3 aliphatic heterocycles. The molecule has 12 nitrogen and oxygen atoms in total. The number of ether oxygens (including phenoxy) is 4. The zero-order valence-corrected chi connectivity index (χ0v) is 31.4. The molecule has 284 valence electrons. The number of amides is 1. The zero-order valence-electron chi connectivity index (χ0n) is 31.4. The normalized spacial score (nSPS) is 33.3. The fourth-order valence-corrected chi connectivity index (χ4v) is 6.88. The van der Waals surface area contributed by atoms with Crippen LogP contribution in [0.25, 0.3) is 0 Å². The van der Waals surface area contributed by atoms with Crippen molar-refractivity contribution in [2.45, 2.75) is 142 Å². The van der Waals surface area contributed by atoms with Crippen LogP contribution in [-0.2, 0) is 28.5 Å². The van der Waals surface area contributed by atoms with E-state index < -0.39 is 59.6 Å². The van der Waals surface area contributed by atoms with Crippen molar-refractivity contribution in [3.8, 4) is 0 Å². The molecule has 12 heteroatoms. The highest BCUT2D eigenvalue weighted by atomic mass is 16.6. The van der Waals surface area contributed by atoms with Crippen molar-refractivity contribution in [3.63, 3.8) is 0 Å². The molecule has 1 amide bonds. The van der Waals surface area contributed by atoms with Crippen LogP contribution >= 0.6 is 0 Å². The summed E-state index contributed by atoms with van der Waals surface area (Å²) in [6.07, 6.45) is 6.65. The standard InChI is InChI=1S/C38H62N2O10/c1-9-18-39-19-21-40(22-20-39)36(45)48-32-14-13-26(4)34(49-33(44)23-29(42)15-17-38(32,8)50-28(6)41)25(3)12-11-16-37(7,46)24-31-35(47-31)27(5)30(43)10-2/h11-14,16,26-27,29-32,34-35,42-43,46H,9-10,15,17-24H2,1-8H3/b14-13+,16-11+,25-12+/t26-,27+,29+,30-,31+,32?,34+,35+,37-,38+/m0/s1. The quantitative estimate of drug-likeness (QED) is 0.0873. The molecule has 0 radical (unpaired) electrons. The summed E-state index contributed by atoms with van der Waals surface area (Å²) in [4.78, 5) is 42.7. The SMILES string of the molecule is CCCN1CCN(C(=O)OC2/C=C/[C@H](C)[C@@H](/C(C)=C/C=C/[C@](C)(O)C[C@H]3O[C@@H]3[C@H](C)[C@@H](O)CC)OC(=O)C[C@H](O)CC[C@@]2(C)OC(C)=O)CC1. The Bertz CT molecular complexity index is 1230. The molecule has 0 bridgehead atoms. The molecular formula is C38H62N2O10. The average Bonchev–Trinajstić information content (AvgIpc) is 3.81. The lowest BCUT2D eigenvalue weighted by Gasteiger charge is -2.39. The Hall–Kier alpha value is -2.77. The lowest BCUT2D eigenvalue weighted by molar-refractivity contribution is -0.168. The van der Waals surface area contributed by atoms with E-state index in [4.69, 9.17) is 18.9 Å². The molecule has 2 fully saturated rings. The summed E-state index contributed by atoms with van der Waals surface area (Å²) in [5.74, 6) is -1.56. The minimum Gasteiger partial charge on any atom is -0.457 e. The Morgan fingerprint density at radius 1 is 1.18 bits per heavy atom. The van der Waals surface area contributed by atoms with Crippen molar-refractivity contribution < 1.29 is 48.7 Å². The molecule has 0 aromatic carbocycles. The Kier molecular flexibility index (Phi) is 15.5. The molecule has 0 aliphatic carbocycles. The second kappa shape index (κ2) is 18.6. The number of rotatable bonds is 12. The maximum Gasteiger partial charge on any atom is 0.410 e. The Morgan fingerprint density at radius 3 is 2.48 bits per heavy atom. The van der Waals surface area contributed by atoms with Crippen LogP contribution in [0, 0.1) is 11.8 Å². The van der Waals surface area contributed by atoms with E-state index >= 15 is 0 Å². The highest BCUT2D eigenvalue weighted by molar-refractivity contribution is 5.71. The first-order chi connectivity index (χ1) is 23.5. The van der Waals surface area contributed by atoms with Gasteiger partial charge in [-0.05, 0) is 64.6 Å². The predicted molar refractivity (Wildman–Crippen MR) is 189 cm³/mol. The van der Waals surface area contributed by atoms with Gasteiger partial charge in [0.1, 0.15) is 11.7 Å². The van der Waals surface area contributed by atoms with Gasteiger partial charge in [0.2, 0.25) is 0 Å². The first-order valence-electron chi connectivity index (χ1n) is 18.3. The third-order valence-electron chi connectivity index (χ3n) is 10.1. The second-order valence-electron chi connectivity index (χ2n) is 14.9. The largest absolute Gasteiger partial charge is 0.457 e. The van der Waals surface area contributed by atoms with Crippen molar-refractivity contribution in [3.05, 3.63) is 36.0 Å². The highest BCUT2D eigenvalue weighted by Gasteiger charge is 2.47. The predicted octanol–water partition coefficient (Wildman–Crippen LogP) is 4.31. The molecule has 3 aliphatic rings. The van der Waals surface area contributed by atoms with Gasteiger partial charge in [-0.25, -0.2) is 4.79 Å². The van der Waals surface area contributed by atoms with Gasteiger partial charge in [-0.2, -0.15) is 0 Å². The van der Waals surface area contributed by atoms with E-state index in [-0.39, 0.29) is 37.4 Å². The van der Waals surface area contributed by atoms with Gasteiger partial charge in [-0.15, -0.1) is 0 Å². The van der Waals surface area contributed by atoms with Crippen LogP contribution in [0.3, 0.4) is 0 Å². The van der Waals surface area contributed by atoms with E-state index in [2.05, 4.69) is 11.8 Å². The number of carbonyl (C=O) groups excluding carboxylic acids is 3. The van der Waals surface area contributed by atoms with E-state index in [1.54, 1.807) is 49.1 Å². The molecule has 50 heavy (non-hydrogen) atoms. The number of esters is 2. The lowest BCUT2D eigenvalue weighted by Crippen LogP contribution is -2.52. The Morgan fingerprint density at radius 2 is 1.86 bits per heavy atom. The van der Waals surface area contributed by atoms with Gasteiger partial charge in [-0.1, -0.05) is 52.0 Å². The van der Waals surface area contributed by atoms with Gasteiger partial charge >= 0.3 is 18.0 Å². The molecule has 3 heterocycles. The number of aliphatic hydroxyl groups excluding tert-OH is 2. The fourth-order valence-electron chi connectivity index (χ4n) is 6.88. The first kappa shape index (κ1) is 41.6. The Labute approximate surface area is 298 Å². The minimum absolute atomic E-state index is 0.0213. The fraction of sp³-hybridized carbons (Fsp3) is 0.763. The molecule has 1 unspecified atom stereocenters. The topological polar surface area (TPSA) is 159 Å². The van der Waals surface area contributed by atoms with Crippen LogP contribution in [-0.4, -0.2) is 124 Å². The van der Waals surface area contributed by atoms with Crippen molar-refractivity contribution in [1.82, 2.24) is 9.80 Å². The summed E-state index contributed by atoms with van der Waals surface area (Å²) >= 11 is 0. The van der Waals surface area contributed by atoms with Crippen LogP contribution in [0.4, 0.5) is 4.79 Å². The number of allylic oxidation sites excluding steroid dienone is 2. The molecule has 0 spiro atoms. The molecule has 0 aromatic heterocycles. The number of aliphatic hydroxyl groups is 3. The number of epoxide rings is 1. The van der Waals surface area contributed by atoms with E-state index in [0.717, 1.165) is 26.1 Å². The summed E-state index contributed by atoms with van der Waals surface area (Å²) in [7, 11) is 0. The number of cyclic esters (lactones) is 1. The van der Waals surface area contributed by atoms with E-state index in [9.17, 15) is 29.7 Å². The monoisotopic (exact) mass is 706 g/mol. The minimum atomic E-state index is -1.31. The number of hydrogen-bond donors (Lipinski definition) is 3. The molecule has 3 N–H and O–H groups in total. The van der Waals surface area contributed by atoms with Crippen molar-refractivity contribution in [2.24, 2.45) is 11.8 Å². The van der Waals surface area contributed by atoms with Crippen molar-refractivity contribution >= 4 is 18.0 Å². The zero-order chi connectivity index (χ0) is 37.2. The van der Waals surface area contributed by atoms with Gasteiger partial charge in [0.25, 0.3) is 0 Å². The maximum absolute atomic E-state index is 13.4. The molecule has 0 saturated carbocycles. The van der Waals surface area contributed by atoms with Crippen LogP contribution in [0.5, 0.6) is 0 Å². The van der Waals surface area contributed by atoms with E-state index in [0.29, 0.717) is 31.5 Å². The van der Waals surface area contributed by atoms with Crippen LogP contribution < -0.4 is 0 Å². The molecule has 3 rings (SSSR count). The molecular weight excluding hydrogens is 644 g/mol. The van der Waals surface area contributed by atoms with Crippen molar-refractivity contribution in [1.29, 1.82) is 0 Å². The van der Waals surface area contributed by atoms with Gasteiger partial charge in [-0.3, -0.25) is 14.5 Å². The van der Waals surface area contributed by atoms with Gasteiger partial charge < -0.3 is 39.2 Å². The van der Waals surface area contributed by atoms with Crippen LogP contribution in [0.15, 0.2) is 36.0 Å². The summed E-state index contributed by atoms with van der Waals surface area (Å²) in [6.45, 7) is 17.8. The van der Waals surface area contributed by atoms with Crippen molar-refractivity contribution in [2.75, 3.05) is 32.7 Å². The average molecular weight is 707 g/mol. The number of hydrogen-bond acceptors (Lipinski definition) is 11. The van der Waals surface area contributed by atoms with E-state index in [1.165, 1.54) is 6.92 Å². The maximum atomic E-state index is 13.4. The molecule has 0 aromatic rings. The third kappa shape index (κ3) is 12.5. The third-order valence-corrected chi connectivity index (χ3v) is 10.1. The van der Waals surface area contributed by atoms with Gasteiger partial charge in [0.15, 0.2) is 6.10 Å². The summed E-state index contributed by atoms with van der Waals surface area (Å²) in [5, 5.41) is 32.0. The van der Waals surface area contributed by atoms with E-state index in [1.807, 2.05) is 27.7 Å². The van der Waals surface area contributed by atoms with Gasteiger partial charge in [0.05, 0.1) is 36.4 Å². The Balaban J connectivity index is 1.81. The number of nitrogens with zero attached hydrogens (tertiary/aromatic N) is 2. The van der Waals surface area contributed by atoms with Crippen LogP contribution in [0.1, 0.15) is 93.9 Å². The molecule has 2 saturated heterocycles. The second-order valence-corrected chi connectivity index (χ2v) is 14.9. The van der Waals surface area contributed by atoms with Gasteiger partial charge in [0, 0.05) is 51.4 Å². The highest BCUT2D eigenvalue weighted by Crippen LogP contribution is 2.38. The summed E-state index contributed by atoms with van der Waals surface area (Å²) in [6, 6.07) is 0. The first-order valence-corrected chi connectivity index (χ1v) is 18.3. The number of piperazine rings is 1. The van der Waals surface area contributed by atoms with Crippen LogP contribution in [0.2, 0.25) is 0 Å². The summed E-state index contributed by atoms with van der Waals surface area (Å²) in [5.41, 5.74) is -1.79. The lowest BCUT2D eigenvalue weighted by atomic mass is 9.88. The number of carbonyl (C=O) groups is 3. The summed E-state index contributed by atoms with van der Waals surface area (Å²) < 4.78 is 23.5.